The second kappa shape index (κ2) is 12.0. The predicted octanol–water partition coefficient (Wildman–Crippen LogP) is 5.23. The Morgan fingerprint density at radius 3 is 2.52 bits per heavy atom. The van der Waals surface area contributed by atoms with E-state index in [4.69, 9.17) is 0 Å². The molecule has 1 aromatic rings. The molecule has 2 aliphatic rings. The number of nitrogens with zero attached hydrogens (tertiary/aromatic N) is 2. The Balaban J connectivity index is 0.000000989. The molecule has 1 fully saturated rings. The van der Waals surface area contributed by atoms with Crippen molar-refractivity contribution >= 4 is 17.3 Å². The third-order valence-electron chi connectivity index (χ3n) is 4.89. The van der Waals surface area contributed by atoms with E-state index in [9.17, 15) is 9.59 Å². The van der Waals surface area contributed by atoms with Gasteiger partial charge in [0.15, 0.2) is 0 Å². The minimum Gasteiger partial charge on any atom is -0.329 e. The number of imidazole rings is 1. The summed E-state index contributed by atoms with van der Waals surface area (Å²) in [7, 11) is 1.82. The van der Waals surface area contributed by atoms with Crippen LogP contribution in [0.3, 0.4) is 0 Å². The van der Waals surface area contributed by atoms with E-state index in [1.54, 1.807) is 29.1 Å². The van der Waals surface area contributed by atoms with Crippen LogP contribution in [0, 0.1) is 11.8 Å². The highest BCUT2D eigenvalue weighted by molar-refractivity contribution is 5.98. The van der Waals surface area contributed by atoms with Gasteiger partial charge in [-0.15, -0.1) is 0 Å². The summed E-state index contributed by atoms with van der Waals surface area (Å²) < 4.78 is 1.75. The van der Waals surface area contributed by atoms with Crippen LogP contribution in [-0.4, -0.2) is 21.2 Å². The summed E-state index contributed by atoms with van der Waals surface area (Å²) >= 11 is 0. The standard InChI is InChI=1S/C20H23N3O2.2C2H6/c1-4-6-7-16(5-2)22-20(25)19-18(21-12-23(19)3)15-8-13-10-17(24)11-14(13)9-15;2*1-2/h4-8,12-14H,1,9-11H2,2-3H3,(H,22,25);2*1-2H3/b7-6-,16-5+;;. The molecule has 5 nitrogen and oxygen atoms in total. The van der Waals surface area contributed by atoms with Crippen molar-refractivity contribution in [3.05, 3.63) is 60.4 Å². The summed E-state index contributed by atoms with van der Waals surface area (Å²) in [5.74, 6) is 0.839. The Labute approximate surface area is 175 Å². The van der Waals surface area contributed by atoms with E-state index in [0.29, 0.717) is 41.9 Å². The molecule has 1 heterocycles. The van der Waals surface area contributed by atoms with Crippen LogP contribution < -0.4 is 5.32 Å². The number of aromatic nitrogens is 2. The Kier molecular flexibility index (Phi) is 10.1. The van der Waals surface area contributed by atoms with E-state index >= 15 is 0 Å². The van der Waals surface area contributed by atoms with Gasteiger partial charge in [-0.25, -0.2) is 4.98 Å². The zero-order chi connectivity index (χ0) is 22.0. The number of hydrogen-bond acceptors (Lipinski definition) is 3. The number of carbonyl (C=O) groups excluding carboxylic acids is 2. The van der Waals surface area contributed by atoms with Crippen molar-refractivity contribution in [3.63, 3.8) is 0 Å². The van der Waals surface area contributed by atoms with Gasteiger partial charge in [0.05, 0.1) is 12.0 Å². The number of hydrogen-bond donors (Lipinski definition) is 1. The molecule has 0 bridgehead atoms. The van der Waals surface area contributed by atoms with E-state index in [1.165, 1.54) is 0 Å². The first-order chi connectivity index (χ1) is 14.0. The number of fused-ring (bicyclic) bond motifs is 1. The zero-order valence-corrected chi connectivity index (χ0v) is 18.7. The van der Waals surface area contributed by atoms with Gasteiger partial charge in [0.25, 0.3) is 5.91 Å². The molecule has 29 heavy (non-hydrogen) atoms. The number of carbonyl (C=O) groups is 2. The Bertz CT molecular complexity index is 812. The maximum atomic E-state index is 12.8. The minimum absolute atomic E-state index is 0.189. The lowest BCUT2D eigenvalue weighted by Gasteiger charge is -2.10. The van der Waals surface area contributed by atoms with Gasteiger partial charge in [-0.05, 0) is 36.8 Å². The van der Waals surface area contributed by atoms with Gasteiger partial charge >= 0.3 is 0 Å². The molecular weight excluding hydrogens is 362 g/mol. The molecule has 0 saturated heterocycles. The number of nitrogens with one attached hydrogen (secondary N) is 1. The molecule has 1 N–H and O–H groups in total. The highest BCUT2D eigenvalue weighted by atomic mass is 16.2. The lowest BCUT2D eigenvalue weighted by Crippen LogP contribution is -2.25. The molecule has 0 spiro atoms. The van der Waals surface area contributed by atoms with Gasteiger partial charge in [0, 0.05) is 25.6 Å². The van der Waals surface area contributed by atoms with Crippen molar-refractivity contribution < 1.29 is 9.59 Å². The van der Waals surface area contributed by atoms with Gasteiger partial charge in [-0.2, -0.15) is 0 Å². The van der Waals surface area contributed by atoms with Crippen LogP contribution >= 0.6 is 0 Å². The van der Waals surface area contributed by atoms with E-state index in [2.05, 4.69) is 23.0 Å². The number of aryl methyl sites for hydroxylation is 1. The average molecular weight is 398 g/mol. The monoisotopic (exact) mass is 397 g/mol. The first-order valence-corrected chi connectivity index (χ1v) is 10.5. The number of ketones is 1. The minimum atomic E-state index is -0.189. The fraction of sp³-hybridized carbons (Fsp3) is 0.458. The number of amides is 1. The summed E-state index contributed by atoms with van der Waals surface area (Å²) in [6.45, 7) is 13.5. The SMILES string of the molecule is C=C/C=C\C(=C/C)NC(=O)c1c(C2=CC3CC(=O)CC3C2)ncn1C.CC.CC. The van der Waals surface area contributed by atoms with Gasteiger partial charge in [-0.3, -0.25) is 9.59 Å². The molecule has 3 rings (SSSR count). The van der Waals surface area contributed by atoms with Crippen molar-refractivity contribution in [2.75, 3.05) is 0 Å². The zero-order valence-electron chi connectivity index (χ0n) is 18.7. The second-order valence-corrected chi connectivity index (χ2v) is 6.61. The normalized spacial score (nSPS) is 20.3. The molecular formula is C24H35N3O2. The average Bonchev–Trinajstić information content (AvgIpc) is 3.40. The number of allylic oxidation sites excluding steroid dienone is 6. The van der Waals surface area contributed by atoms with Crippen LogP contribution in [0.1, 0.15) is 70.1 Å². The molecule has 158 valence electrons. The third-order valence-corrected chi connectivity index (χ3v) is 4.89. The highest BCUT2D eigenvalue weighted by Crippen LogP contribution is 2.44. The molecule has 0 radical (unpaired) electrons. The first-order valence-electron chi connectivity index (χ1n) is 10.5. The van der Waals surface area contributed by atoms with E-state index < -0.39 is 0 Å². The van der Waals surface area contributed by atoms with Crippen LogP contribution in [0.2, 0.25) is 0 Å². The summed E-state index contributed by atoms with van der Waals surface area (Å²) in [5.41, 5.74) is 3.06. The van der Waals surface area contributed by atoms with Crippen LogP contribution in [0.5, 0.6) is 0 Å². The van der Waals surface area contributed by atoms with Gasteiger partial charge in [0.2, 0.25) is 0 Å². The number of rotatable bonds is 5. The van der Waals surface area contributed by atoms with Crippen molar-refractivity contribution in [1.82, 2.24) is 14.9 Å². The summed E-state index contributed by atoms with van der Waals surface area (Å²) in [4.78, 5) is 28.8. The fourth-order valence-corrected chi connectivity index (χ4v) is 3.66. The predicted molar refractivity (Wildman–Crippen MR) is 120 cm³/mol. The molecule has 1 saturated carbocycles. The highest BCUT2D eigenvalue weighted by Gasteiger charge is 2.38. The van der Waals surface area contributed by atoms with Crippen LogP contribution in [-0.2, 0) is 11.8 Å². The molecule has 2 atom stereocenters. The van der Waals surface area contributed by atoms with Crippen molar-refractivity contribution in [2.24, 2.45) is 18.9 Å². The largest absolute Gasteiger partial charge is 0.329 e. The molecule has 1 aromatic heterocycles. The van der Waals surface area contributed by atoms with E-state index in [-0.39, 0.29) is 5.91 Å². The summed E-state index contributed by atoms with van der Waals surface area (Å²) in [6, 6.07) is 0. The van der Waals surface area contributed by atoms with E-state index in [1.807, 2.05) is 47.7 Å². The summed E-state index contributed by atoms with van der Waals surface area (Å²) in [6.07, 6.45) is 13.0. The van der Waals surface area contributed by atoms with Crippen LogP contribution in [0.25, 0.3) is 5.57 Å². The fourth-order valence-electron chi connectivity index (χ4n) is 3.66. The van der Waals surface area contributed by atoms with Crippen molar-refractivity contribution in [3.8, 4) is 0 Å². The van der Waals surface area contributed by atoms with Gasteiger partial charge < -0.3 is 9.88 Å². The Hall–Kier alpha value is -2.69. The maximum absolute atomic E-state index is 12.8. The summed E-state index contributed by atoms with van der Waals surface area (Å²) in [5, 5.41) is 2.91. The molecule has 1 amide bonds. The second-order valence-electron chi connectivity index (χ2n) is 6.61. The van der Waals surface area contributed by atoms with Gasteiger partial charge in [-0.1, -0.05) is 58.6 Å². The molecule has 2 aliphatic carbocycles. The Morgan fingerprint density at radius 2 is 1.93 bits per heavy atom. The topological polar surface area (TPSA) is 64.0 Å². The molecule has 0 aromatic carbocycles. The maximum Gasteiger partial charge on any atom is 0.274 e. The lowest BCUT2D eigenvalue weighted by molar-refractivity contribution is -0.117. The molecule has 0 aliphatic heterocycles. The van der Waals surface area contributed by atoms with Crippen LogP contribution in [0.15, 0.2) is 49.0 Å². The van der Waals surface area contributed by atoms with Crippen molar-refractivity contribution in [1.29, 1.82) is 0 Å². The van der Waals surface area contributed by atoms with Gasteiger partial charge in [0.1, 0.15) is 11.5 Å². The van der Waals surface area contributed by atoms with Crippen LogP contribution in [0.4, 0.5) is 0 Å². The molecule has 2 unspecified atom stereocenters. The Morgan fingerprint density at radius 1 is 1.24 bits per heavy atom. The quantitative estimate of drug-likeness (QED) is 0.692. The number of Topliss-reactive ketones (excluding diaryl/α,β-unsaturated/α-hetero) is 1. The smallest absolute Gasteiger partial charge is 0.274 e. The lowest BCUT2D eigenvalue weighted by atomic mass is 9.99. The van der Waals surface area contributed by atoms with E-state index in [0.717, 1.165) is 17.7 Å². The third kappa shape index (κ3) is 5.89. The molecule has 5 heteroatoms. The first kappa shape index (κ1) is 24.3. The van der Waals surface area contributed by atoms with Crippen molar-refractivity contribution in [2.45, 2.75) is 53.9 Å².